The van der Waals surface area contributed by atoms with Crippen molar-refractivity contribution in [2.24, 2.45) is 5.92 Å². The summed E-state index contributed by atoms with van der Waals surface area (Å²) in [5, 5.41) is 5.36. The summed E-state index contributed by atoms with van der Waals surface area (Å²) in [6, 6.07) is -0.691. The van der Waals surface area contributed by atoms with E-state index in [4.69, 9.17) is 4.74 Å². The molecule has 1 fully saturated rings. The SMILES string of the molecule is C/C=C/CC(NC(=O)C1CCNC(=O)C1)C(=O)OCC. The lowest BCUT2D eigenvalue weighted by molar-refractivity contribution is -0.148. The van der Waals surface area contributed by atoms with Crippen molar-refractivity contribution in [2.75, 3.05) is 13.2 Å². The summed E-state index contributed by atoms with van der Waals surface area (Å²) in [6.07, 6.45) is 4.77. The Hall–Kier alpha value is -1.85. The largest absolute Gasteiger partial charge is 0.464 e. The van der Waals surface area contributed by atoms with Gasteiger partial charge in [-0.3, -0.25) is 9.59 Å². The lowest BCUT2D eigenvalue weighted by Gasteiger charge is -2.23. The number of ether oxygens (including phenoxy) is 1. The maximum atomic E-state index is 12.1. The van der Waals surface area contributed by atoms with Gasteiger partial charge in [-0.05, 0) is 26.7 Å². The van der Waals surface area contributed by atoms with Crippen LogP contribution < -0.4 is 10.6 Å². The number of nitrogens with one attached hydrogen (secondary N) is 2. The molecule has 1 aliphatic rings. The molecule has 2 atom stereocenters. The zero-order valence-electron chi connectivity index (χ0n) is 12.0. The van der Waals surface area contributed by atoms with Crippen LogP contribution in [0.3, 0.4) is 0 Å². The van der Waals surface area contributed by atoms with E-state index in [0.717, 1.165) is 0 Å². The van der Waals surface area contributed by atoms with Crippen molar-refractivity contribution in [1.29, 1.82) is 0 Å². The second-order valence-electron chi connectivity index (χ2n) is 4.66. The highest BCUT2D eigenvalue weighted by molar-refractivity contribution is 5.89. The molecule has 0 aromatic rings. The van der Waals surface area contributed by atoms with Gasteiger partial charge in [0.05, 0.1) is 6.61 Å². The molecule has 0 bridgehead atoms. The maximum absolute atomic E-state index is 12.1. The first-order valence-corrected chi connectivity index (χ1v) is 6.93. The molecular weight excluding hydrogens is 260 g/mol. The summed E-state index contributed by atoms with van der Waals surface area (Å²) in [4.78, 5) is 35.2. The fraction of sp³-hybridized carbons (Fsp3) is 0.643. The minimum atomic E-state index is -0.691. The Bertz CT molecular complexity index is 393. The third-order valence-corrected chi connectivity index (χ3v) is 3.11. The summed E-state index contributed by atoms with van der Waals surface area (Å²) in [5.74, 6) is -1.20. The van der Waals surface area contributed by atoms with E-state index in [2.05, 4.69) is 10.6 Å². The van der Waals surface area contributed by atoms with Gasteiger partial charge in [-0.25, -0.2) is 4.79 Å². The van der Waals surface area contributed by atoms with Crippen LogP contribution in [0.5, 0.6) is 0 Å². The third-order valence-electron chi connectivity index (χ3n) is 3.11. The van der Waals surface area contributed by atoms with E-state index in [1.54, 1.807) is 13.0 Å². The zero-order chi connectivity index (χ0) is 15.0. The van der Waals surface area contributed by atoms with E-state index < -0.39 is 12.0 Å². The van der Waals surface area contributed by atoms with Crippen molar-refractivity contribution in [3.8, 4) is 0 Å². The first-order chi connectivity index (χ1) is 9.58. The lowest BCUT2D eigenvalue weighted by atomic mass is 9.96. The minimum Gasteiger partial charge on any atom is -0.464 e. The quantitative estimate of drug-likeness (QED) is 0.549. The summed E-state index contributed by atoms with van der Waals surface area (Å²) in [7, 11) is 0. The number of piperidine rings is 1. The normalized spacial score (nSPS) is 20.3. The summed E-state index contributed by atoms with van der Waals surface area (Å²) < 4.78 is 4.94. The number of hydrogen-bond acceptors (Lipinski definition) is 4. The lowest BCUT2D eigenvalue weighted by Crippen LogP contribution is -2.47. The van der Waals surface area contributed by atoms with Crippen LogP contribution in [0.2, 0.25) is 0 Å². The van der Waals surface area contributed by atoms with Crippen LogP contribution in [-0.4, -0.2) is 37.0 Å². The Balaban J connectivity index is 2.60. The van der Waals surface area contributed by atoms with Gasteiger partial charge in [0.2, 0.25) is 11.8 Å². The standard InChI is InChI=1S/C14H22N2O4/c1-3-5-6-11(14(19)20-4-2)16-13(18)10-7-8-15-12(17)9-10/h3,5,10-11H,4,6-9H2,1-2H3,(H,15,17)(H,16,18)/b5-3+. The van der Waals surface area contributed by atoms with Crippen molar-refractivity contribution >= 4 is 17.8 Å². The minimum absolute atomic E-state index is 0.127. The van der Waals surface area contributed by atoms with Gasteiger partial charge in [-0.15, -0.1) is 0 Å². The highest BCUT2D eigenvalue weighted by Gasteiger charge is 2.29. The molecule has 2 amide bonds. The molecule has 20 heavy (non-hydrogen) atoms. The smallest absolute Gasteiger partial charge is 0.328 e. The first kappa shape index (κ1) is 16.2. The highest BCUT2D eigenvalue weighted by Crippen LogP contribution is 2.13. The topological polar surface area (TPSA) is 84.5 Å². The summed E-state index contributed by atoms with van der Waals surface area (Å²) in [5.41, 5.74) is 0. The predicted molar refractivity (Wildman–Crippen MR) is 73.7 cm³/mol. The monoisotopic (exact) mass is 282 g/mol. The molecule has 0 aromatic heterocycles. The number of amides is 2. The van der Waals surface area contributed by atoms with Crippen molar-refractivity contribution in [3.63, 3.8) is 0 Å². The first-order valence-electron chi connectivity index (χ1n) is 6.93. The van der Waals surface area contributed by atoms with Crippen LogP contribution in [0.25, 0.3) is 0 Å². The van der Waals surface area contributed by atoms with E-state index in [-0.39, 0.29) is 30.8 Å². The Morgan fingerprint density at radius 3 is 2.90 bits per heavy atom. The number of carbonyl (C=O) groups excluding carboxylic acids is 3. The van der Waals surface area contributed by atoms with Crippen molar-refractivity contribution in [3.05, 3.63) is 12.2 Å². The second-order valence-corrected chi connectivity index (χ2v) is 4.66. The Morgan fingerprint density at radius 2 is 2.30 bits per heavy atom. The van der Waals surface area contributed by atoms with Crippen molar-refractivity contribution < 1.29 is 19.1 Å². The van der Waals surface area contributed by atoms with Gasteiger partial charge in [0.1, 0.15) is 6.04 Å². The second kappa shape index (κ2) is 8.35. The number of esters is 1. The average molecular weight is 282 g/mol. The van der Waals surface area contributed by atoms with E-state index in [9.17, 15) is 14.4 Å². The Kier molecular flexibility index (Phi) is 6.76. The molecule has 2 unspecified atom stereocenters. The molecule has 2 N–H and O–H groups in total. The maximum Gasteiger partial charge on any atom is 0.328 e. The van der Waals surface area contributed by atoms with Gasteiger partial charge in [0.15, 0.2) is 0 Å². The molecular formula is C14H22N2O4. The molecule has 6 nitrogen and oxygen atoms in total. The number of hydrogen-bond donors (Lipinski definition) is 2. The molecule has 0 radical (unpaired) electrons. The molecule has 1 heterocycles. The van der Waals surface area contributed by atoms with Gasteiger partial charge in [-0.1, -0.05) is 12.2 Å². The molecule has 1 aliphatic heterocycles. The average Bonchev–Trinajstić information content (AvgIpc) is 2.43. The van der Waals surface area contributed by atoms with Crippen LogP contribution in [0.1, 0.15) is 33.1 Å². The molecule has 1 rings (SSSR count). The van der Waals surface area contributed by atoms with E-state index in [1.165, 1.54) is 0 Å². The number of allylic oxidation sites excluding steroid dienone is 1. The fourth-order valence-electron chi connectivity index (χ4n) is 2.03. The zero-order valence-corrected chi connectivity index (χ0v) is 12.0. The Labute approximate surface area is 118 Å². The fourth-order valence-corrected chi connectivity index (χ4v) is 2.03. The van der Waals surface area contributed by atoms with Crippen molar-refractivity contribution in [2.45, 2.75) is 39.2 Å². The molecule has 0 aliphatic carbocycles. The molecule has 0 aromatic carbocycles. The molecule has 112 valence electrons. The van der Waals surface area contributed by atoms with Gasteiger partial charge in [0.25, 0.3) is 0 Å². The van der Waals surface area contributed by atoms with Crippen LogP contribution >= 0.6 is 0 Å². The van der Waals surface area contributed by atoms with E-state index >= 15 is 0 Å². The molecule has 0 spiro atoms. The van der Waals surface area contributed by atoms with Crippen LogP contribution in [0.15, 0.2) is 12.2 Å². The van der Waals surface area contributed by atoms with Gasteiger partial charge >= 0.3 is 5.97 Å². The van der Waals surface area contributed by atoms with Crippen LogP contribution in [0.4, 0.5) is 0 Å². The molecule has 1 saturated heterocycles. The van der Waals surface area contributed by atoms with Gasteiger partial charge < -0.3 is 15.4 Å². The van der Waals surface area contributed by atoms with Gasteiger partial charge in [-0.2, -0.15) is 0 Å². The number of rotatable bonds is 6. The predicted octanol–water partition coefficient (Wildman–Crippen LogP) is 0.527. The summed E-state index contributed by atoms with van der Waals surface area (Å²) >= 11 is 0. The van der Waals surface area contributed by atoms with E-state index in [0.29, 0.717) is 19.4 Å². The highest BCUT2D eigenvalue weighted by atomic mass is 16.5. The van der Waals surface area contributed by atoms with E-state index in [1.807, 2.05) is 13.0 Å². The molecule has 0 saturated carbocycles. The van der Waals surface area contributed by atoms with Crippen LogP contribution in [0, 0.1) is 5.92 Å². The molecule has 6 heteroatoms. The van der Waals surface area contributed by atoms with Crippen molar-refractivity contribution in [1.82, 2.24) is 10.6 Å². The number of carbonyl (C=O) groups is 3. The summed E-state index contributed by atoms with van der Waals surface area (Å²) in [6.45, 7) is 4.33. The van der Waals surface area contributed by atoms with Gasteiger partial charge in [0, 0.05) is 18.9 Å². The third kappa shape index (κ3) is 5.03. The van der Waals surface area contributed by atoms with Crippen LogP contribution in [-0.2, 0) is 19.1 Å². The Morgan fingerprint density at radius 1 is 1.55 bits per heavy atom.